The van der Waals surface area contributed by atoms with Gasteiger partial charge in [-0.05, 0) is 42.7 Å². The van der Waals surface area contributed by atoms with Crippen LogP contribution < -0.4 is 5.32 Å². The lowest BCUT2D eigenvalue weighted by Gasteiger charge is -2.28. The predicted molar refractivity (Wildman–Crippen MR) is 106 cm³/mol. The lowest BCUT2D eigenvalue weighted by atomic mass is 10.2. The highest BCUT2D eigenvalue weighted by atomic mass is 31.2. The fourth-order valence-electron chi connectivity index (χ4n) is 2.47. The molecule has 146 valence electrons. The van der Waals surface area contributed by atoms with Crippen molar-refractivity contribution in [3.05, 3.63) is 65.7 Å². The van der Waals surface area contributed by atoms with E-state index in [4.69, 9.17) is 14.2 Å². The summed E-state index contributed by atoms with van der Waals surface area (Å²) < 4.78 is 25.0. The number of rotatable bonds is 11. The summed E-state index contributed by atoms with van der Waals surface area (Å²) in [6.45, 7) is 4.54. The molecule has 0 spiro atoms. The number of anilines is 1. The van der Waals surface area contributed by atoms with Gasteiger partial charge in [0.25, 0.3) is 0 Å². The first-order valence-corrected chi connectivity index (χ1v) is 10.6. The topological polar surface area (TPSA) is 84.9 Å². The molecule has 0 aromatic heterocycles. The Morgan fingerprint density at radius 3 is 2.04 bits per heavy atom. The minimum absolute atomic E-state index is 0.185. The Bertz CT molecular complexity index is 752. The molecular formula is C20H26NO5P. The SMILES string of the molecule is CCCOP(=O)(OCCC)[C@@H](Nc1ccc(C(=O)O)cc1)c1ccccc1. The van der Waals surface area contributed by atoms with Gasteiger partial charge in [0, 0.05) is 5.69 Å². The normalized spacial score (nSPS) is 12.5. The zero-order chi connectivity index (χ0) is 19.7. The Hall–Kier alpha value is -2.14. The molecule has 2 N–H and O–H groups in total. The molecule has 2 rings (SSSR count). The maximum atomic E-state index is 13.6. The Balaban J connectivity index is 2.37. The molecule has 2 aromatic rings. The average Bonchev–Trinajstić information content (AvgIpc) is 2.70. The van der Waals surface area contributed by atoms with Gasteiger partial charge >= 0.3 is 13.6 Å². The van der Waals surface area contributed by atoms with E-state index in [1.54, 1.807) is 12.1 Å². The highest BCUT2D eigenvalue weighted by Gasteiger charge is 2.37. The molecule has 0 aliphatic heterocycles. The van der Waals surface area contributed by atoms with Crippen molar-refractivity contribution in [1.82, 2.24) is 0 Å². The van der Waals surface area contributed by atoms with Crippen LogP contribution in [0.2, 0.25) is 0 Å². The van der Waals surface area contributed by atoms with Gasteiger partial charge in [-0.2, -0.15) is 0 Å². The molecule has 6 nitrogen and oxygen atoms in total. The second kappa shape index (κ2) is 10.3. The third-order valence-corrected chi connectivity index (χ3v) is 5.96. The van der Waals surface area contributed by atoms with Crippen LogP contribution in [0.5, 0.6) is 0 Å². The van der Waals surface area contributed by atoms with Crippen molar-refractivity contribution in [2.45, 2.75) is 32.5 Å². The van der Waals surface area contributed by atoms with Crippen LogP contribution in [-0.4, -0.2) is 24.3 Å². The lowest BCUT2D eigenvalue weighted by molar-refractivity contribution is 0.0697. The van der Waals surface area contributed by atoms with Crippen LogP contribution >= 0.6 is 7.60 Å². The lowest BCUT2D eigenvalue weighted by Crippen LogP contribution is -2.16. The first-order chi connectivity index (χ1) is 13.0. The molecule has 0 saturated carbocycles. The first-order valence-electron chi connectivity index (χ1n) is 9.03. The van der Waals surface area contributed by atoms with E-state index in [0.717, 1.165) is 5.56 Å². The highest BCUT2D eigenvalue weighted by molar-refractivity contribution is 7.54. The number of hydrogen-bond donors (Lipinski definition) is 2. The fraction of sp³-hybridized carbons (Fsp3) is 0.350. The van der Waals surface area contributed by atoms with Crippen molar-refractivity contribution < 1.29 is 23.5 Å². The maximum absolute atomic E-state index is 13.6. The van der Waals surface area contributed by atoms with Gasteiger partial charge in [-0.25, -0.2) is 4.79 Å². The molecule has 0 aliphatic rings. The number of carboxylic acids is 1. The van der Waals surface area contributed by atoms with E-state index < -0.39 is 19.3 Å². The number of benzene rings is 2. The van der Waals surface area contributed by atoms with E-state index in [1.165, 1.54) is 12.1 Å². The molecule has 1 atom stereocenters. The van der Waals surface area contributed by atoms with Gasteiger partial charge in [0.15, 0.2) is 5.78 Å². The maximum Gasteiger partial charge on any atom is 0.357 e. The molecule has 7 heteroatoms. The molecule has 0 bridgehead atoms. The molecule has 0 saturated heterocycles. The Morgan fingerprint density at radius 2 is 1.56 bits per heavy atom. The van der Waals surface area contributed by atoms with Crippen LogP contribution in [0, 0.1) is 0 Å². The highest BCUT2D eigenvalue weighted by Crippen LogP contribution is 2.61. The Morgan fingerprint density at radius 1 is 1.00 bits per heavy atom. The van der Waals surface area contributed by atoms with E-state index >= 15 is 0 Å². The van der Waals surface area contributed by atoms with E-state index in [9.17, 15) is 9.36 Å². The summed E-state index contributed by atoms with van der Waals surface area (Å²) in [5.74, 6) is -1.70. The summed E-state index contributed by atoms with van der Waals surface area (Å²) in [7, 11) is -3.51. The van der Waals surface area contributed by atoms with Gasteiger partial charge in [-0.1, -0.05) is 44.2 Å². The second-order valence-corrected chi connectivity index (χ2v) is 8.16. The molecule has 27 heavy (non-hydrogen) atoms. The van der Waals surface area contributed by atoms with E-state index in [2.05, 4.69) is 5.32 Å². The zero-order valence-electron chi connectivity index (χ0n) is 15.6. The Labute approximate surface area is 160 Å². The van der Waals surface area contributed by atoms with Crippen molar-refractivity contribution in [2.24, 2.45) is 0 Å². The number of carboxylic acid groups (broad SMARTS) is 1. The second-order valence-electron chi connectivity index (χ2n) is 6.05. The van der Waals surface area contributed by atoms with Crippen molar-refractivity contribution in [3.63, 3.8) is 0 Å². The van der Waals surface area contributed by atoms with Crippen LogP contribution in [0.25, 0.3) is 0 Å². The van der Waals surface area contributed by atoms with Crippen molar-refractivity contribution in [1.29, 1.82) is 0 Å². The third kappa shape index (κ3) is 5.93. The number of carbonyl (C=O) groups is 1. The van der Waals surface area contributed by atoms with Crippen LogP contribution in [0.1, 0.15) is 48.4 Å². The molecular weight excluding hydrogens is 365 g/mol. The van der Waals surface area contributed by atoms with Gasteiger partial charge < -0.3 is 19.5 Å². The largest absolute Gasteiger partial charge is 0.478 e. The summed E-state index contributed by atoms with van der Waals surface area (Å²) in [5.41, 5.74) is 1.59. The summed E-state index contributed by atoms with van der Waals surface area (Å²) in [5, 5.41) is 12.3. The van der Waals surface area contributed by atoms with E-state index in [1.807, 2.05) is 44.2 Å². The quantitative estimate of drug-likeness (QED) is 0.489. The zero-order valence-corrected chi connectivity index (χ0v) is 16.5. The van der Waals surface area contributed by atoms with Crippen LogP contribution in [0.3, 0.4) is 0 Å². The smallest absolute Gasteiger partial charge is 0.357 e. The molecule has 0 fully saturated rings. The standard InChI is InChI=1S/C20H26NO5P/c1-3-14-25-27(24,26-15-4-2)19(16-8-6-5-7-9-16)21-18-12-10-17(11-13-18)20(22)23/h5-13,19,21H,3-4,14-15H2,1-2H3,(H,22,23)/t19-/m1/s1. The van der Waals surface area contributed by atoms with Gasteiger partial charge in [0.2, 0.25) is 0 Å². The number of aromatic carboxylic acids is 1. The van der Waals surface area contributed by atoms with Gasteiger partial charge in [-0.15, -0.1) is 0 Å². The van der Waals surface area contributed by atoms with Crippen LogP contribution in [-0.2, 0) is 13.6 Å². The fourth-order valence-corrected chi connectivity index (χ4v) is 4.56. The minimum Gasteiger partial charge on any atom is -0.478 e. The van der Waals surface area contributed by atoms with Crippen LogP contribution in [0.4, 0.5) is 5.69 Å². The Kier molecular flexibility index (Phi) is 8.04. The number of hydrogen-bond acceptors (Lipinski definition) is 5. The van der Waals surface area contributed by atoms with Crippen molar-refractivity contribution in [2.75, 3.05) is 18.5 Å². The van der Waals surface area contributed by atoms with Crippen LogP contribution in [0.15, 0.2) is 54.6 Å². The van der Waals surface area contributed by atoms with E-state index in [0.29, 0.717) is 31.7 Å². The van der Waals surface area contributed by atoms with Gasteiger partial charge in [0.1, 0.15) is 0 Å². The molecule has 0 amide bonds. The summed E-state index contributed by atoms with van der Waals surface area (Å²) in [6, 6.07) is 15.6. The van der Waals surface area contributed by atoms with Crippen molar-refractivity contribution in [3.8, 4) is 0 Å². The van der Waals surface area contributed by atoms with Gasteiger partial charge in [-0.3, -0.25) is 4.57 Å². The monoisotopic (exact) mass is 391 g/mol. The first kappa shape index (κ1) is 21.2. The molecule has 0 aliphatic carbocycles. The van der Waals surface area contributed by atoms with Crippen molar-refractivity contribution >= 4 is 19.3 Å². The summed E-state index contributed by atoms with van der Waals surface area (Å²) in [4.78, 5) is 11.0. The van der Waals surface area contributed by atoms with Gasteiger partial charge in [0.05, 0.1) is 18.8 Å². The third-order valence-electron chi connectivity index (χ3n) is 3.82. The summed E-state index contributed by atoms with van der Waals surface area (Å²) in [6.07, 6.45) is 1.43. The summed E-state index contributed by atoms with van der Waals surface area (Å²) >= 11 is 0. The molecule has 0 unspecified atom stereocenters. The number of nitrogens with one attached hydrogen (secondary N) is 1. The van der Waals surface area contributed by atoms with E-state index in [-0.39, 0.29) is 5.56 Å². The average molecular weight is 391 g/mol. The molecule has 0 radical (unpaired) electrons. The predicted octanol–water partition coefficient (Wildman–Crippen LogP) is 5.54. The molecule has 0 heterocycles. The molecule has 2 aromatic carbocycles. The minimum atomic E-state index is -3.51.